The van der Waals surface area contributed by atoms with Crippen molar-refractivity contribution in [3.05, 3.63) is 20.8 Å². The van der Waals surface area contributed by atoms with Gasteiger partial charge in [0.1, 0.15) is 0 Å². The van der Waals surface area contributed by atoms with E-state index < -0.39 is 0 Å². The molecule has 1 aromatic heterocycles. The Bertz CT molecular complexity index is 340. The highest BCUT2D eigenvalue weighted by Crippen LogP contribution is 2.19. The number of nitrogens with zero attached hydrogens (tertiary/aromatic N) is 1. The predicted octanol–water partition coefficient (Wildman–Crippen LogP) is 2.57. The van der Waals surface area contributed by atoms with Gasteiger partial charge in [0.25, 0.3) is 0 Å². The van der Waals surface area contributed by atoms with Gasteiger partial charge in [-0.3, -0.25) is 4.99 Å². The van der Waals surface area contributed by atoms with Crippen molar-refractivity contribution in [2.75, 3.05) is 13.1 Å². The maximum absolute atomic E-state index is 4.34. The average Bonchev–Trinajstić information content (AvgIpc) is 2.63. The summed E-state index contributed by atoms with van der Waals surface area (Å²) in [4.78, 5) is 5.65. The molecular weight excluding hydrogens is 389 g/mol. The lowest BCUT2D eigenvalue weighted by molar-refractivity contribution is 0.703. The van der Waals surface area contributed by atoms with Gasteiger partial charge in [0, 0.05) is 27.8 Å². The van der Waals surface area contributed by atoms with E-state index in [0.29, 0.717) is 0 Å². The van der Waals surface area contributed by atoms with Crippen LogP contribution in [0.15, 0.2) is 20.9 Å². The fourth-order valence-electron chi connectivity index (χ4n) is 1.27. The molecule has 0 amide bonds. The molecule has 0 spiro atoms. The highest BCUT2D eigenvalue weighted by atomic mass is 127. The van der Waals surface area contributed by atoms with E-state index in [2.05, 4.69) is 43.0 Å². The molecule has 0 aromatic carbocycles. The van der Waals surface area contributed by atoms with Crippen molar-refractivity contribution < 1.29 is 0 Å². The van der Waals surface area contributed by atoms with Crippen LogP contribution < -0.4 is 10.6 Å². The Morgan fingerprint density at radius 1 is 1.60 bits per heavy atom. The van der Waals surface area contributed by atoms with E-state index in [0.717, 1.165) is 36.5 Å². The van der Waals surface area contributed by atoms with Crippen molar-refractivity contribution in [2.45, 2.75) is 13.0 Å². The van der Waals surface area contributed by atoms with E-state index in [1.54, 1.807) is 11.3 Å². The third kappa shape index (κ3) is 4.28. The Morgan fingerprint density at radius 3 is 3.07 bits per heavy atom. The van der Waals surface area contributed by atoms with Crippen LogP contribution in [0.1, 0.15) is 11.3 Å². The lowest BCUT2D eigenvalue weighted by Crippen LogP contribution is -2.40. The lowest BCUT2D eigenvalue weighted by atomic mass is 10.4. The summed E-state index contributed by atoms with van der Waals surface area (Å²) >= 11 is 5.18. The Balaban J connectivity index is 0.00000112. The molecule has 0 atom stereocenters. The molecule has 15 heavy (non-hydrogen) atoms. The molecule has 0 radical (unpaired) electrons. The van der Waals surface area contributed by atoms with Crippen LogP contribution in [0, 0.1) is 0 Å². The van der Waals surface area contributed by atoms with Crippen LogP contribution in [0.3, 0.4) is 0 Å². The zero-order valence-electron chi connectivity index (χ0n) is 8.12. The second-order valence-corrected chi connectivity index (χ2v) is 5.01. The number of halogens is 2. The molecule has 2 rings (SSSR count). The normalized spacial score (nSPS) is 14.9. The van der Waals surface area contributed by atoms with Gasteiger partial charge in [-0.2, -0.15) is 0 Å². The second-order valence-electron chi connectivity index (χ2n) is 3.10. The van der Waals surface area contributed by atoms with E-state index in [4.69, 9.17) is 0 Å². The van der Waals surface area contributed by atoms with Crippen molar-refractivity contribution in [2.24, 2.45) is 4.99 Å². The van der Waals surface area contributed by atoms with Crippen molar-refractivity contribution in [1.29, 1.82) is 0 Å². The Hall–Kier alpha value is 0.180. The zero-order chi connectivity index (χ0) is 9.80. The molecule has 2 heterocycles. The fraction of sp³-hybridized carbons (Fsp3) is 0.444. The highest BCUT2D eigenvalue weighted by Gasteiger charge is 2.03. The SMILES string of the molecule is Brc1csc(CNC2=NCCCN2)c1.I. The van der Waals surface area contributed by atoms with Crippen molar-refractivity contribution in [1.82, 2.24) is 10.6 Å². The number of nitrogens with one attached hydrogen (secondary N) is 2. The molecule has 2 N–H and O–H groups in total. The lowest BCUT2D eigenvalue weighted by Gasteiger charge is -2.15. The molecule has 0 bridgehead atoms. The molecule has 1 aliphatic heterocycles. The smallest absolute Gasteiger partial charge is 0.191 e. The first-order chi connectivity index (χ1) is 6.84. The molecule has 0 saturated heterocycles. The maximum Gasteiger partial charge on any atom is 0.191 e. The van der Waals surface area contributed by atoms with Gasteiger partial charge in [0.2, 0.25) is 0 Å². The summed E-state index contributed by atoms with van der Waals surface area (Å²) < 4.78 is 1.15. The van der Waals surface area contributed by atoms with Crippen molar-refractivity contribution in [3.63, 3.8) is 0 Å². The van der Waals surface area contributed by atoms with Gasteiger partial charge in [-0.15, -0.1) is 35.3 Å². The molecule has 0 aliphatic carbocycles. The van der Waals surface area contributed by atoms with Crippen LogP contribution >= 0.6 is 51.2 Å². The monoisotopic (exact) mass is 401 g/mol. The summed E-state index contributed by atoms with van der Waals surface area (Å²) in [6, 6.07) is 2.13. The molecule has 84 valence electrons. The average molecular weight is 402 g/mol. The minimum atomic E-state index is 0. The van der Waals surface area contributed by atoms with E-state index in [1.807, 2.05) is 0 Å². The minimum Gasteiger partial charge on any atom is -0.356 e. The molecular formula is C9H13BrIN3S. The maximum atomic E-state index is 4.34. The Kier molecular flexibility index (Phi) is 5.91. The van der Waals surface area contributed by atoms with Gasteiger partial charge in [0.15, 0.2) is 5.96 Å². The van der Waals surface area contributed by atoms with E-state index in [1.165, 1.54) is 4.88 Å². The van der Waals surface area contributed by atoms with Gasteiger partial charge >= 0.3 is 0 Å². The highest BCUT2D eigenvalue weighted by molar-refractivity contribution is 14.0. The number of guanidine groups is 1. The van der Waals surface area contributed by atoms with Gasteiger partial charge in [-0.1, -0.05) is 0 Å². The molecule has 0 unspecified atom stereocenters. The van der Waals surface area contributed by atoms with Gasteiger partial charge in [0.05, 0.1) is 6.54 Å². The number of aliphatic imine (C=N–C) groups is 1. The summed E-state index contributed by atoms with van der Waals surface area (Å²) in [5.41, 5.74) is 0. The predicted molar refractivity (Wildman–Crippen MR) is 79.2 cm³/mol. The first-order valence-corrected chi connectivity index (χ1v) is 6.27. The second kappa shape index (κ2) is 6.70. The van der Waals surface area contributed by atoms with Crippen LogP contribution in [-0.4, -0.2) is 19.0 Å². The summed E-state index contributed by atoms with van der Waals surface area (Å²) in [7, 11) is 0. The van der Waals surface area contributed by atoms with Gasteiger partial charge < -0.3 is 10.6 Å². The summed E-state index contributed by atoms with van der Waals surface area (Å²) in [6.07, 6.45) is 1.13. The van der Waals surface area contributed by atoms with Crippen LogP contribution in [0.4, 0.5) is 0 Å². The summed E-state index contributed by atoms with van der Waals surface area (Å²) in [5, 5.41) is 8.60. The third-order valence-corrected chi connectivity index (χ3v) is 3.65. The first-order valence-electron chi connectivity index (χ1n) is 4.60. The number of hydrogen-bond acceptors (Lipinski definition) is 4. The Morgan fingerprint density at radius 2 is 2.47 bits per heavy atom. The van der Waals surface area contributed by atoms with Crippen LogP contribution in [0.2, 0.25) is 0 Å². The van der Waals surface area contributed by atoms with Crippen molar-refractivity contribution >= 4 is 57.2 Å². The molecule has 1 aliphatic rings. The van der Waals surface area contributed by atoms with E-state index >= 15 is 0 Å². The van der Waals surface area contributed by atoms with Crippen LogP contribution in [0.25, 0.3) is 0 Å². The number of hydrogen-bond donors (Lipinski definition) is 2. The molecule has 6 heteroatoms. The molecule has 1 aromatic rings. The number of rotatable bonds is 2. The third-order valence-electron chi connectivity index (χ3n) is 1.95. The van der Waals surface area contributed by atoms with Crippen molar-refractivity contribution in [3.8, 4) is 0 Å². The molecule has 0 saturated carbocycles. The van der Waals surface area contributed by atoms with Gasteiger partial charge in [-0.05, 0) is 28.4 Å². The first kappa shape index (κ1) is 13.2. The van der Waals surface area contributed by atoms with E-state index in [9.17, 15) is 0 Å². The number of thiophene rings is 1. The minimum absolute atomic E-state index is 0. The summed E-state index contributed by atoms with van der Waals surface area (Å²) in [5.74, 6) is 0.931. The molecule has 0 fully saturated rings. The van der Waals surface area contributed by atoms with E-state index in [-0.39, 0.29) is 24.0 Å². The zero-order valence-corrected chi connectivity index (χ0v) is 12.9. The van der Waals surface area contributed by atoms with Crippen LogP contribution in [0.5, 0.6) is 0 Å². The Labute approximate surface area is 119 Å². The quantitative estimate of drug-likeness (QED) is 0.747. The topological polar surface area (TPSA) is 36.4 Å². The fourth-order valence-corrected chi connectivity index (χ4v) is 2.66. The van der Waals surface area contributed by atoms with Gasteiger partial charge in [-0.25, -0.2) is 0 Å². The summed E-state index contributed by atoms with van der Waals surface area (Å²) in [6.45, 7) is 2.81. The molecule has 3 nitrogen and oxygen atoms in total. The van der Waals surface area contributed by atoms with Crippen LogP contribution in [-0.2, 0) is 6.54 Å². The standard InChI is InChI=1S/C9H12BrN3S.HI/c10-7-4-8(14-6-7)5-13-9-11-2-1-3-12-9;/h4,6H,1-3,5H2,(H2,11,12,13);1H. The largest absolute Gasteiger partial charge is 0.356 e.